The number of halogens is 3. The van der Waals surface area contributed by atoms with Crippen LogP contribution in [0.25, 0.3) is 0 Å². The first kappa shape index (κ1) is 16.1. The molecule has 0 spiro atoms. The summed E-state index contributed by atoms with van der Waals surface area (Å²) in [4.78, 5) is 0. The van der Waals surface area contributed by atoms with Crippen LogP contribution in [0.15, 0.2) is 46.9 Å². The highest BCUT2D eigenvalue weighted by Gasteiger charge is 2.32. The van der Waals surface area contributed by atoms with E-state index in [-0.39, 0.29) is 19.0 Å². The van der Waals surface area contributed by atoms with E-state index in [2.05, 4.69) is 15.9 Å². The van der Waals surface area contributed by atoms with Gasteiger partial charge in [-0.1, -0.05) is 24.3 Å². The zero-order chi connectivity index (χ0) is 15.5. The summed E-state index contributed by atoms with van der Waals surface area (Å²) in [5.74, 6) is -0.771. The van der Waals surface area contributed by atoms with E-state index < -0.39 is 11.2 Å². The largest absolute Gasteiger partial charge is 0.395 e. The summed E-state index contributed by atoms with van der Waals surface area (Å²) in [6.07, 6.45) is 0.307. The second-order valence-corrected chi connectivity index (χ2v) is 5.84. The molecule has 0 radical (unpaired) electrons. The van der Waals surface area contributed by atoms with Crippen LogP contribution in [0.1, 0.15) is 11.1 Å². The van der Waals surface area contributed by atoms with Gasteiger partial charge in [-0.05, 0) is 51.7 Å². The van der Waals surface area contributed by atoms with Crippen LogP contribution in [-0.2, 0) is 11.8 Å². The van der Waals surface area contributed by atoms with E-state index in [4.69, 9.17) is 5.73 Å². The first-order valence-electron chi connectivity index (χ1n) is 6.52. The second-order valence-electron chi connectivity index (χ2n) is 5.04. The summed E-state index contributed by atoms with van der Waals surface area (Å²) in [6, 6.07) is 10.7. The molecule has 1 unspecified atom stereocenters. The van der Waals surface area contributed by atoms with Crippen LogP contribution in [-0.4, -0.2) is 18.3 Å². The zero-order valence-electron chi connectivity index (χ0n) is 11.3. The van der Waals surface area contributed by atoms with Crippen molar-refractivity contribution in [2.45, 2.75) is 11.8 Å². The van der Waals surface area contributed by atoms with Gasteiger partial charge in [0.2, 0.25) is 0 Å². The van der Waals surface area contributed by atoms with E-state index in [0.29, 0.717) is 22.0 Å². The van der Waals surface area contributed by atoms with Crippen molar-refractivity contribution in [2.24, 2.45) is 5.73 Å². The summed E-state index contributed by atoms with van der Waals surface area (Å²) < 4.78 is 27.4. The molecule has 0 saturated carbocycles. The molecule has 1 atom stereocenters. The summed E-state index contributed by atoms with van der Waals surface area (Å²) in [7, 11) is 0. The first-order valence-corrected chi connectivity index (χ1v) is 7.31. The fourth-order valence-electron chi connectivity index (χ4n) is 2.37. The average molecular weight is 356 g/mol. The molecule has 2 rings (SSSR count). The summed E-state index contributed by atoms with van der Waals surface area (Å²) in [5.41, 5.74) is 6.28. The maximum atomic E-state index is 13.6. The molecule has 2 nitrogen and oxygen atoms in total. The lowest BCUT2D eigenvalue weighted by Gasteiger charge is -2.31. The van der Waals surface area contributed by atoms with Crippen molar-refractivity contribution >= 4 is 15.9 Å². The Labute approximate surface area is 130 Å². The van der Waals surface area contributed by atoms with E-state index >= 15 is 0 Å². The molecule has 3 N–H and O–H groups in total. The number of rotatable bonds is 5. The first-order chi connectivity index (χ1) is 10.0. The Morgan fingerprint density at radius 3 is 2.48 bits per heavy atom. The van der Waals surface area contributed by atoms with Gasteiger partial charge in [0.05, 0.1) is 11.1 Å². The molecule has 0 amide bonds. The standard InChI is InChI=1S/C16H16BrF2NO/c17-15-11(3-1-6-14(15)19)8-16(9-20,10-21)12-4-2-5-13(18)7-12/h1-7,21H,8-10,20H2. The summed E-state index contributed by atoms with van der Waals surface area (Å²) in [5, 5.41) is 9.83. The highest BCUT2D eigenvalue weighted by atomic mass is 79.9. The van der Waals surface area contributed by atoms with Crippen molar-refractivity contribution in [1.82, 2.24) is 0 Å². The van der Waals surface area contributed by atoms with Crippen LogP contribution < -0.4 is 5.73 Å². The normalized spacial score (nSPS) is 14.0. The van der Waals surface area contributed by atoms with E-state index in [1.807, 2.05) is 0 Å². The fraction of sp³-hybridized carbons (Fsp3) is 0.250. The molecule has 0 heterocycles. The third kappa shape index (κ3) is 3.31. The van der Waals surface area contributed by atoms with Gasteiger partial charge in [0.1, 0.15) is 11.6 Å². The Hall–Kier alpha value is -1.30. The van der Waals surface area contributed by atoms with E-state index in [0.717, 1.165) is 0 Å². The van der Waals surface area contributed by atoms with Crippen molar-refractivity contribution in [2.75, 3.05) is 13.2 Å². The predicted octanol–water partition coefficient (Wildman–Crippen LogP) is 3.16. The van der Waals surface area contributed by atoms with E-state index in [1.54, 1.807) is 24.3 Å². The number of aliphatic hydroxyl groups excluding tert-OH is 1. The predicted molar refractivity (Wildman–Crippen MR) is 82.0 cm³/mol. The molecule has 0 aliphatic carbocycles. The summed E-state index contributed by atoms with van der Waals surface area (Å²) in [6.45, 7) is -0.133. The van der Waals surface area contributed by atoms with Crippen LogP contribution in [0.4, 0.5) is 8.78 Å². The van der Waals surface area contributed by atoms with Crippen molar-refractivity contribution in [3.05, 3.63) is 69.7 Å². The van der Waals surface area contributed by atoms with Crippen LogP contribution >= 0.6 is 15.9 Å². The highest BCUT2D eigenvalue weighted by molar-refractivity contribution is 9.10. The molecular weight excluding hydrogens is 340 g/mol. The minimum absolute atomic E-state index is 0.121. The molecule has 21 heavy (non-hydrogen) atoms. The number of nitrogens with two attached hydrogens (primary N) is 1. The lowest BCUT2D eigenvalue weighted by Crippen LogP contribution is -2.41. The zero-order valence-corrected chi connectivity index (χ0v) is 12.9. The van der Waals surface area contributed by atoms with Gasteiger partial charge in [0.25, 0.3) is 0 Å². The minimum atomic E-state index is -0.849. The van der Waals surface area contributed by atoms with Crippen LogP contribution in [0.2, 0.25) is 0 Å². The smallest absolute Gasteiger partial charge is 0.137 e. The van der Waals surface area contributed by atoms with Crippen LogP contribution in [0.5, 0.6) is 0 Å². The fourth-order valence-corrected chi connectivity index (χ4v) is 2.78. The Bertz CT molecular complexity index is 629. The maximum Gasteiger partial charge on any atom is 0.137 e. The molecule has 0 fully saturated rings. The highest BCUT2D eigenvalue weighted by Crippen LogP contribution is 2.31. The third-order valence-electron chi connectivity index (χ3n) is 3.69. The van der Waals surface area contributed by atoms with Crippen molar-refractivity contribution in [1.29, 1.82) is 0 Å². The Morgan fingerprint density at radius 1 is 1.14 bits per heavy atom. The van der Waals surface area contributed by atoms with Gasteiger partial charge in [0.15, 0.2) is 0 Å². The second kappa shape index (κ2) is 6.64. The van der Waals surface area contributed by atoms with Gasteiger partial charge >= 0.3 is 0 Å². The van der Waals surface area contributed by atoms with Gasteiger partial charge < -0.3 is 10.8 Å². The third-order valence-corrected chi connectivity index (χ3v) is 4.58. The molecule has 0 saturated heterocycles. The Balaban J connectivity index is 2.45. The van der Waals surface area contributed by atoms with Crippen molar-refractivity contribution in [3.8, 4) is 0 Å². The van der Waals surface area contributed by atoms with Crippen LogP contribution in [0.3, 0.4) is 0 Å². The molecular formula is C16H16BrF2NO. The van der Waals surface area contributed by atoms with Crippen LogP contribution in [0, 0.1) is 11.6 Å². The molecule has 0 aliphatic rings. The number of benzene rings is 2. The minimum Gasteiger partial charge on any atom is -0.395 e. The topological polar surface area (TPSA) is 46.2 Å². The van der Waals surface area contributed by atoms with E-state index in [9.17, 15) is 13.9 Å². The monoisotopic (exact) mass is 355 g/mol. The van der Waals surface area contributed by atoms with Gasteiger partial charge in [-0.3, -0.25) is 0 Å². The molecule has 2 aromatic carbocycles. The SMILES string of the molecule is NCC(CO)(Cc1cccc(F)c1Br)c1cccc(F)c1. The average Bonchev–Trinajstić information content (AvgIpc) is 2.49. The lowest BCUT2D eigenvalue weighted by molar-refractivity contribution is 0.195. The number of aliphatic hydroxyl groups is 1. The Kier molecular flexibility index (Phi) is 5.08. The lowest BCUT2D eigenvalue weighted by atomic mass is 9.76. The maximum absolute atomic E-state index is 13.6. The van der Waals surface area contributed by atoms with Crippen molar-refractivity contribution < 1.29 is 13.9 Å². The summed E-state index contributed by atoms with van der Waals surface area (Å²) >= 11 is 3.21. The number of hydrogen-bond acceptors (Lipinski definition) is 2. The molecule has 0 aliphatic heterocycles. The molecule has 112 valence electrons. The van der Waals surface area contributed by atoms with Gasteiger partial charge in [0, 0.05) is 12.0 Å². The molecule has 0 aromatic heterocycles. The van der Waals surface area contributed by atoms with Gasteiger partial charge in [-0.2, -0.15) is 0 Å². The number of hydrogen-bond donors (Lipinski definition) is 2. The molecule has 5 heteroatoms. The quantitative estimate of drug-likeness (QED) is 0.865. The Morgan fingerprint density at radius 2 is 1.86 bits per heavy atom. The van der Waals surface area contributed by atoms with Crippen molar-refractivity contribution in [3.63, 3.8) is 0 Å². The molecule has 2 aromatic rings. The van der Waals surface area contributed by atoms with E-state index in [1.165, 1.54) is 18.2 Å². The van der Waals surface area contributed by atoms with Gasteiger partial charge in [-0.25, -0.2) is 8.78 Å². The van der Waals surface area contributed by atoms with Gasteiger partial charge in [-0.15, -0.1) is 0 Å². The molecule has 0 bridgehead atoms.